The minimum absolute atomic E-state index is 0.0264. The number of ketones is 1. The Bertz CT molecular complexity index is 582. The lowest BCUT2D eigenvalue weighted by Gasteiger charge is -2.02. The molecule has 94 valence electrons. The topological polar surface area (TPSA) is 30.0 Å². The molecule has 0 bridgehead atoms. The van der Waals surface area contributed by atoms with Crippen molar-refractivity contribution in [1.29, 1.82) is 0 Å². The number of carbonyl (C=O) groups excluding carboxylic acids is 1. The molecule has 0 radical (unpaired) electrons. The van der Waals surface area contributed by atoms with Crippen molar-refractivity contribution >= 4 is 33.0 Å². The Kier molecular flexibility index (Phi) is 4.24. The zero-order valence-electron chi connectivity index (χ0n) is 9.74. The van der Waals surface area contributed by atoms with E-state index >= 15 is 0 Å². The molecule has 1 aromatic carbocycles. The Morgan fingerprint density at radius 3 is 2.83 bits per heavy atom. The summed E-state index contributed by atoms with van der Waals surface area (Å²) in [6.07, 6.45) is 0.371. The van der Waals surface area contributed by atoms with E-state index in [1.165, 1.54) is 17.4 Å². The lowest BCUT2D eigenvalue weighted by atomic mass is 10.1. The van der Waals surface area contributed by atoms with Crippen LogP contribution in [0.15, 0.2) is 28.1 Å². The van der Waals surface area contributed by atoms with Gasteiger partial charge in [0.05, 0.1) is 10.7 Å². The molecule has 0 saturated carbocycles. The fourth-order valence-corrected chi connectivity index (χ4v) is 2.58. The zero-order chi connectivity index (χ0) is 13.1. The first-order chi connectivity index (χ1) is 8.54. The van der Waals surface area contributed by atoms with Gasteiger partial charge in [-0.2, -0.15) is 0 Å². The molecule has 0 aliphatic rings. The van der Waals surface area contributed by atoms with E-state index in [0.717, 1.165) is 10.7 Å². The van der Waals surface area contributed by atoms with Gasteiger partial charge in [-0.3, -0.25) is 4.79 Å². The third-order valence-electron chi connectivity index (χ3n) is 2.45. The number of hydrogen-bond donors (Lipinski definition) is 0. The highest BCUT2D eigenvalue weighted by Gasteiger charge is 2.11. The predicted molar refractivity (Wildman–Crippen MR) is 73.4 cm³/mol. The molecule has 0 spiro atoms. The summed E-state index contributed by atoms with van der Waals surface area (Å²) in [5.74, 6) is -0.381. The third-order valence-corrected chi connectivity index (χ3v) is 3.76. The molecular weight excluding hydrogens is 317 g/mol. The van der Waals surface area contributed by atoms with Crippen LogP contribution >= 0.6 is 27.3 Å². The van der Waals surface area contributed by atoms with E-state index in [9.17, 15) is 9.18 Å². The van der Waals surface area contributed by atoms with Crippen LogP contribution in [-0.4, -0.2) is 10.8 Å². The molecule has 2 aromatic rings. The van der Waals surface area contributed by atoms with Gasteiger partial charge < -0.3 is 0 Å². The average molecular weight is 328 g/mol. The van der Waals surface area contributed by atoms with Crippen LogP contribution in [0.5, 0.6) is 0 Å². The second kappa shape index (κ2) is 5.71. The highest BCUT2D eigenvalue weighted by Crippen LogP contribution is 2.17. The van der Waals surface area contributed by atoms with Crippen LogP contribution in [-0.2, 0) is 17.6 Å². The van der Waals surface area contributed by atoms with Crippen molar-refractivity contribution in [3.63, 3.8) is 0 Å². The minimum atomic E-state index is -0.354. The van der Waals surface area contributed by atoms with Crippen molar-refractivity contribution in [1.82, 2.24) is 4.98 Å². The van der Waals surface area contributed by atoms with Crippen LogP contribution in [0, 0.1) is 12.7 Å². The molecule has 2 nitrogen and oxygen atoms in total. The van der Waals surface area contributed by atoms with E-state index in [1.807, 2.05) is 12.3 Å². The van der Waals surface area contributed by atoms with Gasteiger partial charge in [0.15, 0.2) is 0 Å². The molecule has 5 heteroatoms. The normalized spacial score (nSPS) is 10.6. The Morgan fingerprint density at radius 2 is 2.22 bits per heavy atom. The number of Topliss-reactive ketones (excluding diaryl/α,β-unsaturated/α-hetero) is 1. The fourth-order valence-electron chi connectivity index (χ4n) is 1.63. The summed E-state index contributed by atoms with van der Waals surface area (Å²) < 4.78 is 14.2. The molecule has 1 aromatic heterocycles. The van der Waals surface area contributed by atoms with Gasteiger partial charge in [-0.1, -0.05) is 22.0 Å². The molecule has 0 aliphatic heterocycles. The van der Waals surface area contributed by atoms with E-state index in [2.05, 4.69) is 20.9 Å². The van der Waals surface area contributed by atoms with Crippen molar-refractivity contribution in [2.75, 3.05) is 0 Å². The van der Waals surface area contributed by atoms with Crippen LogP contribution in [0.1, 0.15) is 16.3 Å². The second-order valence-electron chi connectivity index (χ2n) is 3.99. The van der Waals surface area contributed by atoms with E-state index in [0.29, 0.717) is 10.0 Å². The van der Waals surface area contributed by atoms with Gasteiger partial charge in [-0.25, -0.2) is 9.37 Å². The Morgan fingerprint density at radius 1 is 1.44 bits per heavy atom. The molecule has 0 amide bonds. The Balaban J connectivity index is 2.03. The summed E-state index contributed by atoms with van der Waals surface area (Å²) in [4.78, 5) is 16.0. The summed E-state index contributed by atoms with van der Waals surface area (Å²) in [7, 11) is 0. The van der Waals surface area contributed by atoms with Crippen molar-refractivity contribution in [2.24, 2.45) is 0 Å². The quantitative estimate of drug-likeness (QED) is 0.856. The number of aromatic nitrogens is 1. The number of benzene rings is 1. The molecule has 1 heterocycles. The van der Waals surface area contributed by atoms with Crippen molar-refractivity contribution in [2.45, 2.75) is 19.8 Å². The number of carbonyl (C=O) groups is 1. The first-order valence-corrected chi connectivity index (χ1v) is 7.08. The number of thiazole rings is 1. The monoisotopic (exact) mass is 327 g/mol. The standard InChI is InChI=1S/C13H11BrFNOS/c1-8-16-11(7-18-8)6-12(17)4-9-2-3-10(14)5-13(9)15/h2-3,5,7H,4,6H2,1H3. The van der Waals surface area contributed by atoms with Crippen LogP contribution in [0.25, 0.3) is 0 Å². The lowest BCUT2D eigenvalue weighted by Crippen LogP contribution is -2.08. The van der Waals surface area contributed by atoms with E-state index in [4.69, 9.17) is 0 Å². The maximum absolute atomic E-state index is 13.6. The average Bonchev–Trinajstić information content (AvgIpc) is 2.68. The van der Waals surface area contributed by atoms with Gasteiger partial charge in [-0.15, -0.1) is 11.3 Å². The van der Waals surface area contributed by atoms with E-state index in [-0.39, 0.29) is 24.4 Å². The van der Waals surface area contributed by atoms with Crippen molar-refractivity contribution in [3.05, 3.63) is 50.1 Å². The van der Waals surface area contributed by atoms with Gasteiger partial charge in [-0.05, 0) is 24.6 Å². The zero-order valence-corrected chi connectivity index (χ0v) is 12.1. The molecule has 0 fully saturated rings. The van der Waals surface area contributed by atoms with Crippen LogP contribution in [0.4, 0.5) is 4.39 Å². The summed E-state index contributed by atoms with van der Waals surface area (Å²) in [5, 5.41) is 2.80. The number of nitrogens with zero attached hydrogens (tertiary/aromatic N) is 1. The maximum atomic E-state index is 13.6. The second-order valence-corrected chi connectivity index (χ2v) is 5.96. The fraction of sp³-hybridized carbons (Fsp3) is 0.231. The molecular formula is C13H11BrFNOS. The Hall–Kier alpha value is -1.07. The summed E-state index contributed by atoms with van der Waals surface area (Å²) in [6, 6.07) is 4.73. The van der Waals surface area contributed by atoms with Crippen molar-refractivity contribution in [3.8, 4) is 0 Å². The van der Waals surface area contributed by atoms with E-state index < -0.39 is 0 Å². The van der Waals surface area contributed by atoms with E-state index in [1.54, 1.807) is 12.1 Å². The number of halogens is 2. The third kappa shape index (κ3) is 3.46. The first-order valence-electron chi connectivity index (χ1n) is 5.41. The van der Waals surface area contributed by atoms with Gasteiger partial charge in [0.2, 0.25) is 0 Å². The minimum Gasteiger partial charge on any atom is -0.299 e. The molecule has 2 rings (SSSR count). The lowest BCUT2D eigenvalue weighted by molar-refractivity contribution is -0.117. The van der Waals surface area contributed by atoms with Gasteiger partial charge in [0.25, 0.3) is 0 Å². The first kappa shape index (κ1) is 13.4. The Labute approximate surface area is 117 Å². The van der Waals surface area contributed by atoms with Crippen LogP contribution in [0.2, 0.25) is 0 Å². The van der Waals surface area contributed by atoms with Crippen LogP contribution < -0.4 is 0 Å². The molecule has 0 N–H and O–H groups in total. The van der Waals surface area contributed by atoms with Crippen LogP contribution in [0.3, 0.4) is 0 Å². The number of rotatable bonds is 4. The largest absolute Gasteiger partial charge is 0.299 e. The molecule has 0 saturated heterocycles. The summed E-state index contributed by atoms with van der Waals surface area (Å²) >= 11 is 4.70. The van der Waals surface area contributed by atoms with Gasteiger partial charge >= 0.3 is 0 Å². The number of aryl methyl sites for hydroxylation is 1. The maximum Gasteiger partial charge on any atom is 0.143 e. The predicted octanol–water partition coefficient (Wildman–Crippen LogP) is 3.71. The smallest absolute Gasteiger partial charge is 0.143 e. The molecule has 18 heavy (non-hydrogen) atoms. The van der Waals surface area contributed by atoms with Gasteiger partial charge in [0, 0.05) is 22.7 Å². The summed E-state index contributed by atoms with van der Waals surface area (Å²) in [5.41, 5.74) is 1.19. The SMILES string of the molecule is Cc1nc(CC(=O)Cc2ccc(Br)cc2F)cs1. The van der Waals surface area contributed by atoms with Gasteiger partial charge in [0.1, 0.15) is 11.6 Å². The highest BCUT2D eigenvalue weighted by atomic mass is 79.9. The molecule has 0 aliphatic carbocycles. The number of hydrogen-bond acceptors (Lipinski definition) is 3. The van der Waals surface area contributed by atoms with Crippen molar-refractivity contribution < 1.29 is 9.18 Å². The molecule has 0 unspecified atom stereocenters. The molecule has 0 atom stereocenters. The highest BCUT2D eigenvalue weighted by molar-refractivity contribution is 9.10. The summed E-state index contributed by atoms with van der Waals surface area (Å²) in [6.45, 7) is 1.90.